The molecule has 1 aromatic heterocycles. The maximum atomic E-state index is 12.3. The summed E-state index contributed by atoms with van der Waals surface area (Å²) >= 11 is 12.2. The number of carbonyl (C=O) groups is 1. The molecular formula is C20H18Cl2N4O4. The Labute approximate surface area is 182 Å². The molecule has 30 heavy (non-hydrogen) atoms. The van der Waals surface area contributed by atoms with E-state index in [1.165, 1.54) is 24.3 Å². The summed E-state index contributed by atoms with van der Waals surface area (Å²) in [6.07, 6.45) is 0. The summed E-state index contributed by atoms with van der Waals surface area (Å²) in [7, 11) is 0. The molecule has 156 valence electrons. The zero-order valence-corrected chi connectivity index (χ0v) is 17.7. The number of anilines is 1. The smallest absolute Gasteiger partial charge is 0.269 e. The molecule has 10 heteroatoms. The SMILES string of the molecule is Cc1nn(Cc2ccc(Cl)cc2Cl)c(C)c1NC(=O)COc1ccc([N+](=O)[O-])cc1. The van der Waals surface area contributed by atoms with Gasteiger partial charge in [-0.05, 0) is 43.7 Å². The Morgan fingerprint density at radius 2 is 1.90 bits per heavy atom. The van der Waals surface area contributed by atoms with E-state index in [-0.39, 0.29) is 18.2 Å². The Morgan fingerprint density at radius 1 is 1.20 bits per heavy atom. The predicted molar refractivity (Wildman–Crippen MR) is 114 cm³/mol. The van der Waals surface area contributed by atoms with Gasteiger partial charge in [0.1, 0.15) is 5.75 Å². The van der Waals surface area contributed by atoms with E-state index in [1.807, 2.05) is 13.0 Å². The molecule has 3 rings (SSSR count). The topological polar surface area (TPSA) is 99.3 Å². The van der Waals surface area contributed by atoms with Crippen molar-refractivity contribution in [2.24, 2.45) is 0 Å². The monoisotopic (exact) mass is 448 g/mol. The number of nitro groups is 1. The lowest BCUT2D eigenvalue weighted by atomic mass is 10.2. The van der Waals surface area contributed by atoms with Crippen molar-refractivity contribution in [3.05, 3.63) is 79.6 Å². The lowest BCUT2D eigenvalue weighted by molar-refractivity contribution is -0.384. The standard InChI is InChI=1S/C20H18Cl2N4O4/c1-12-20(13(2)25(24-12)10-14-3-4-15(21)9-18(14)22)23-19(27)11-30-17-7-5-16(6-8-17)26(28)29/h3-9H,10-11H2,1-2H3,(H,23,27). The van der Waals surface area contributed by atoms with Crippen LogP contribution in [0.3, 0.4) is 0 Å². The fourth-order valence-corrected chi connectivity index (χ4v) is 3.30. The Kier molecular flexibility index (Phi) is 6.59. The van der Waals surface area contributed by atoms with E-state index in [2.05, 4.69) is 10.4 Å². The van der Waals surface area contributed by atoms with Crippen LogP contribution in [-0.4, -0.2) is 27.2 Å². The molecule has 0 bridgehead atoms. The first-order valence-electron chi connectivity index (χ1n) is 8.89. The minimum Gasteiger partial charge on any atom is -0.484 e. The predicted octanol–water partition coefficient (Wildman–Crippen LogP) is 4.78. The first-order valence-corrected chi connectivity index (χ1v) is 9.65. The Balaban J connectivity index is 1.64. The van der Waals surface area contributed by atoms with Crippen LogP contribution in [0, 0.1) is 24.0 Å². The molecule has 0 aliphatic heterocycles. The third kappa shape index (κ3) is 5.08. The van der Waals surface area contributed by atoms with Gasteiger partial charge in [0.25, 0.3) is 11.6 Å². The van der Waals surface area contributed by atoms with Gasteiger partial charge >= 0.3 is 0 Å². The zero-order valence-electron chi connectivity index (χ0n) is 16.2. The Morgan fingerprint density at radius 3 is 2.53 bits per heavy atom. The highest BCUT2D eigenvalue weighted by Gasteiger charge is 2.16. The lowest BCUT2D eigenvalue weighted by Gasteiger charge is -2.09. The summed E-state index contributed by atoms with van der Waals surface area (Å²) in [5.41, 5.74) is 2.82. The van der Waals surface area contributed by atoms with Crippen molar-refractivity contribution >= 4 is 40.5 Å². The lowest BCUT2D eigenvalue weighted by Crippen LogP contribution is -2.21. The number of ether oxygens (including phenoxy) is 1. The molecule has 1 heterocycles. The van der Waals surface area contributed by atoms with Crippen LogP contribution in [0.1, 0.15) is 17.0 Å². The summed E-state index contributed by atoms with van der Waals surface area (Å²) in [5, 5.41) is 19.0. The molecule has 0 aliphatic carbocycles. The average Bonchev–Trinajstić information content (AvgIpc) is 2.96. The number of halogens is 2. The largest absolute Gasteiger partial charge is 0.484 e. The second-order valence-electron chi connectivity index (χ2n) is 6.53. The van der Waals surface area contributed by atoms with Crippen LogP contribution in [0.2, 0.25) is 10.0 Å². The minimum atomic E-state index is -0.503. The number of aryl methyl sites for hydroxylation is 1. The number of hydrogen-bond acceptors (Lipinski definition) is 5. The highest BCUT2D eigenvalue weighted by Crippen LogP contribution is 2.25. The van der Waals surface area contributed by atoms with Gasteiger partial charge in [-0.15, -0.1) is 0 Å². The number of amides is 1. The Bertz CT molecular complexity index is 1100. The first-order chi connectivity index (χ1) is 14.2. The normalized spacial score (nSPS) is 10.7. The van der Waals surface area contributed by atoms with Gasteiger partial charge in [-0.3, -0.25) is 19.6 Å². The number of hydrogen-bond donors (Lipinski definition) is 1. The number of nitrogens with zero attached hydrogens (tertiary/aromatic N) is 3. The van der Waals surface area contributed by atoms with Gasteiger partial charge in [-0.2, -0.15) is 5.10 Å². The van der Waals surface area contributed by atoms with Gasteiger partial charge in [0.05, 0.1) is 28.5 Å². The summed E-state index contributed by atoms with van der Waals surface area (Å²) in [4.78, 5) is 22.5. The maximum absolute atomic E-state index is 12.3. The van der Waals surface area contributed by atoms with E-state index in [0.29, 0.717) is 33.7 Å². The van der Waals surface area contributed by atoms with Gasteiger partial charge in [0, 0.05) is 22.2 Å². The number of aromatic nitrogens is 2. The van der Waals surface area contributed by atoms with Crippen molar-refractivity contribution in [1.82, 2.24) is 9.78 Å². The van der Waals surface area contributed by atoms with E-state index < -0.39 is 4.92 Å². The van der Waals surface area contributed by atoms with E-state index in [0.717, 1.165) is 11.3 Å². The van der Waals surface area contributed by atoms with Crippen LogP contribution in [0.4, 0.5) is 11.4 Å². The molecule has 0 fully saturated rings. The number of nitro benzene ring substituents is 1. The molecular weight excluding hydrogens is 431 g/mol. The van der Waals surface area contributed by atoms with E-state index in [9.17, 15) is 14.9 Å². The molecule has 0 spiro atoms. The summed E-state index contributed by atoms with van der Waals surface area (Å²) in [6, 6.07) is 10.8. The van der Waals surface area contributed by atoms with E-state index >= 15 is 0 Å². The van der Waals surface area contributed by atoms with Crippen LogP contribution in [-0.2, 0) is 11.3 Å². The van der Waals surface area contributed by atoms with Gasteiger partial charge < -0.3 is 10.1 Å². The third-order valence-electron chi connectivity index (χ3n) is 4.40. The third-order valence-corrected chi connectivity index (χ3v) is 4.99. The number of non-ortho nitro benzene ring substituents is 1. The summed E-state index contributed by atoms with van der Waals surface area (Å²) in [6.45, 7) is 3.82. The fraction of sp³-hybridized carbons (Fsp3) is 0.200. The van der Waals surface area contributed by atoms with Crippen LogP contribution in [0.5, 0.6) is 5.75 Å². The van der Waals surface area contributed by atoms with Crippen molar-refractivity contribution in [1.29, 1.82) is 0 Å². The minimum absolute atomic E-state index is 0.0498. The summed E-state index contributed by atoms with van der Waals surface area (Å²) in [5.74, 6) is -0.0131. The fourth-order valence-electron chi connectivity index (χ4n) is 2.83. The van der Waals surface area contributed by atoms with Crippen LogP contribution < -0.4 is 10.1 Å². The van der Waals surface area contributed by atoms with Gasteiger partial charge in [-0.1, -0.05) is 29.3 Å². The molecule has 8 nitrogen and oxygen atoms in total. The molecule has 1 N–H and O–H groups in total. The van der Waals surface area contributed by atoms with Crippen LogP contribution in [0.15, 0.2) is 42.5 Å². The second-order valence-corrected chi connectivity index (χ2v) is 7.37. The second kappa shape index (κ2) is 9.15. The molecule has 0 saturated heterocycles. The van der Waals surface area contributed by atoms with Crippen molar-refractivity contribution in [2.75, 3.05) is 11.9 Å². The molecule has 0 saturated carbocycles. The molecule has 1 amide bonds. The summed E-state index contributed by atoms with van der Waals surface area (Å²) < 4.78 is 7.14. The van der Waals surface area contributed by atoms with Gasteiger partial charge in [0.15, 0.2) is 6.61 Å². The Hall–Kier alpha value is -3.10. The van der Waals surface area contributed by atoms with Crippen LogP contribution >= 0.6 is 23.2 Å². The van der Waals surface area contributed by atoms with Crippen molar-refractivity contribution < 1.29 is 14.5 Å². The van der Waals surface area contributed by atoms with Crippen molar-refractivity contribution in [3.8, 4) is 5.75 Å². The molecule has 3 aromatic rings. The quantitative estimate of drug-likeness (QED) is 0.414. The van der Waals surface area contributed by atoms with Crippen molar-refractivity contribution in [2.45, 2.75) is 20.4 Å². The highest BCUT2D eigenvalue weighted by molar-refractivity contribution is 6.35. The van der Waals surface area contributed by atoms with Crippen molar-refractivity contribution in [3.63, 3.8) is 0 Å². The molecule has 0 radical (unpaired) electrons. The molecule has 0 aliphatic rings. The number of nitrogens with one attached hydrogen (secondary N) is 1. The average molecular weight is 449 g/mol. The molecule has 0 atom stereocenters. The number of rotatable bonds is 7. The molecule has 2 aromatic carbocycles. The van der Waals surface area contributed by atoms with Crippen LogP contribution in [0.25, 0.3) is 0 Å². The molecule has 0 unspecified atom stereocenters. The zero-order chi connectivity index (χ0) is 21.8. The van der Waals surface area contributed by atoms with E-state index in [4.69, 9.17) is 27.9 Å². The maximum Gasteiger partial charge on any atom is 0.269 e. The van der Waals surface area contributed by atoms with Gasteiger partial charge in [0.2, 0.25) is 0 Å². The number of carbonyl (C=O) groups excluding carboxylic acids is 1. The van der Waals surface area contributed by atoms with E-state index in [1.54, 1.807) is 23.7 Å². The first kappa shape index (κ1) is 21.6. The number of benzene rings is 2. The highest BCUT2D eigenvalue weighted by atomic mass is 35.5. The van der Waals surface area contributed by atoms with Gasteiger partial charge in [-0.25, -0.2) is 0 Å².